The molecule has 2 unspecified atom stereocenters. The molecule has 2 aromatic rings. The van der Waals surface area contributed by atoms with Gasteiger partial charge in [0.05, 0.1) is 16.6 Å². The average Bonchev–Trinajstić information content (AvgIpc) is 2.81. The van der Waals surface area contributed by atoms with Crippen molar-refractivity contribution in [1.29, 1.82) is 0 Å². The second-order valence-electron chi connectivity index (χ2n) is 4.74. The second-order valence-corrected chi connectivity index (χ2v) is 5.77. The number of aliphatic hydroxyl groups is 1. The number of aliphatic hydroxyl groups excluding tert-OH is 1. The molecule has 2 rings (SSSR count). The predicted octanol–water partition coefficient (Wildman–Crippen LogP) is 2.68. The zero-order valence-corrected chi connectivity index (χ0v) is 12.6. The van der Waals surface area contributed by atoms with Crippen molar-refractivity contribution in [2.75, 3.05) is 0 Å². The van der Waals surface area contributed by atoms with Crippen molar-refractivity contribution in [2.45, 2.75) is 32.9 Å². The molecule has 2 N–H and O–H groups in total. The molecule has 5 heteroatoms. The average molecular weight is 290 g/mol. The summed E-state index contributed by atoms with van der Waals surface area (Å²) >= 11 is 1.57. The van der Waals surface area contributed by atoms with Gasteiger partial charge in [-0.1, -0.05) is 30.3 Å². The molecule has 0 bridgehead atoms. The Morgan fingerprint density at radius 2 is 1.95 bits per heavy atom. The molecule has 2 atom stereocenters. The number of carbonyl (C=O) groups excluding carboxylic acids is 1. The largest absolute Gasteiger partial charge is 0.384 e. The Balaban J connectivity index is 2.22. The van der Waals surface area contributed by atoms with Crippen molar-refractivity contribution in [3.63, 3.8) is 0 Å². The van der Waals surface area contributed by atoms with Crippen LogP contribution in [0, 0.1) is 6.92 Å². The van der Waals surface area contributed by atoms with Crippen LogP contribution in [0.3, 0.4) is 0 Å². The predicted molar refractivity (Wildman–Crippen MR) is 80.5 cm³/mol. The summed E-state index contributed by atoms with van der Waals surface area (Å²) in [5, 5.41) is 13.0. The molecule has 0 aliphatic heterocycles. The lowest BCUT2D eigenvalue weighted by Gasteiger charge is -2.14. The molecule has 20 heavy (non-hydrogen) atoms. The lowest BCUT2D eigenvalue weighted by molar-refractivity contribution is -0.129. The van der Waals surface area contributed by atoms with Crippen LogP contribution < -0.4 is 5.32 Å². The second kappa shape index (κ2) is 6.15. The van der Waals surface area contributed by atoms with Gasteiger partial charge in [-0.05, 0) is 20.8 Å². The minimum atomic E-state index is -1.00. The minimum absolute atomic E-state index is 0.160. The number of nitrogens with one attached hydrogen (secondary N) is 1. The highest BCUT2D eigenvalue weighted by molar-refractivity contribution is 7.15. The summed E-state index contributed by atoms with van der Waals surface area (Å²) in [6, 6.07) is 9.79. The Hall–Kier alpha value is -1.72. The molecule has 0 saturated carbocycles. The Kier molecular flexibility index (Phi) is 4.52. The van der Waals surface area contributed by atoms with Gasteiger partial charge in [0.25, 0.3) is 0 Å². The molecule has 0 aliphatic carbocycles. The van der Waals surface area contributed by atoms with Gasteiger partial charge in [0.15, 0.2) is 0 Å². The molecule has 1 amide bonds. The standard InChI is InChI=1S/C15H18N2O2S/c1-9(16-14(19)11(3)18)13-10(2)17-15(20-13)12-7-5-4-6-8-12/h4-9,11,18H,1-3H3,(H,16,19). The maximum Gasteiger partial charge on any atom is 0.249 e. The maximum absolute atomic E-state index is 11.5. The highest BCUT2D eigenvalue weighted by Crippen LogP contribution is 2.31. The van der Waals surface area contributed by atoms with Gasteiger partial charge in [-0.15, -0.1) is 11.3 Å². The molecule has 1 heterocycles. The van der Waals surface area contributed by atoms with E-state index in [4.69, 9.17) is 0 Å². The van der Waals surface area contributed by atoms with E-state index in [2.05, 4.69) is 10.3 Å². The van der Waals surface area contributed by atoms with E-state index in [1.807, 2.05) is 44.2 Å². The Bertz CT molecular complexity index is 593. The van der Waals surface area contributed by atoms with Gasteiger partial charge in [-0.2, -0.15) is 0 Å². The summed E-state index contributed by atoms with van der Waals surface area (Å²) < 4.78 is 0. The van der Waals surface area contributed by atoms with Crippen LogP contribution in [0.1, 0.15) is 30.5 Å². The van der Waals surface area contributed by atoms with Crippen LogP contribution in [0.15, 0.2) is 30.3 Å². The van der Waals surface area contributed by atoms with Gasteiger partial charge in [-0.3, -0.25) is 4.79 Å². The lowest BCUT2D eigenvalue weighted by Crippen LogP contribution is -2.34. The summed E-state index contributed by atoms with van der Waals surface area (Å²) in [5.74, 6) is -0.369. The van der Waals surface area contributed by atoms with E-state index < -0.39 is 6.10 Å². The maximum atomic E-state index is 11.5. The van der Waals surface area contributed by atoms with E-state index >= 15 is 0 Å². The van der Waals surface area contributed by atoms with Crippen molar-refractivity contribution >= 4 is 17.2 Å². The van der Waals surface area contributed by atoms with Gasteiger partial charge in [0, 0.05) is 5.56 Å². The van der Waals surface area contributed by atoms with Crippen LogP contribution in [-0.2, 0) is 4.79 Å². The number of nitrogens with zero attached hydrogens (tertiary/aromatic N) is 1. The van der Waals surface area contributed by atoms with E-state index in [-0.39, 0.29) is 11.9 Å². The minimum Gasteiger partial charge on any atom is -0.384 e. The van der Waals surface area contributed by atoms with Crippen LogP contribution in [0.4, 0.5) is 0 Å². The molecule has 0 fully saturated rings. The number of thiazole rings is 1. The molecule has 1 aromatic heterocycles. The lowest BCUT2D eigenvalue weighted by atomic mass is 10.2. The normalized spacial score (nSPS) is 13.8. The number of carbonyl (C=O) groups is 1. The van der Waals surface area contributed by atoms with Crippen molar-refractivity contribution in [3.8, 4) is 10.6 Å². The van der Waals surface area contributed by atoms with E-state index in [1.54, 1.807) is 11.3 Å². The third-order valence-electron chi connectivity index (χ3n) is 2.98. The third kappa shape index (κ3) is 3.23. The zero-order valence-electron chi connectivity index (χ0n) is 11.8. The monoisotopic (exact) mass is 290 g/mol. The van der Waals surface area contributed by atoms with E-state index in [1.165, 1.54) is 6.92 Å². The molecule has 4 nitrogen and oxygen atoms in total. The van der Waals surface area contributed by atoms with Gasteiger partial charge >= 0.3 is 0 Å². The summed E-state index contributed by atoms with van der Waals surface area (Å²) in [7, 11) is 0. The Morgan fingerprint density at radius 3 is 2.55 bits per heavy atom. The summed E-state index contributed by atoms with van der Waals surface area (Å²) in [4.78, 5) is 17.1. The number of hydrogen-bond donors (Lipinski definition) is 2. The number of aryl methyl sites for hydroxylation is 1. The molecule has 106 valence electrons. The Morgan fingerprint density at radius 1 is 1.30 bits per heavy atom. The number of aromatic nitrogens is 1. The van der Waals surface area contributed by atoms with Crippen LogP contribution >= 0.6 is 11.3 Å². The smallest absolute Gasteiger partial charge is 0.249 e. The first-order chi connectivity index (χ1) is 9.49. The fraction of sp³-hybridized carbons (Fsp3) is 0.333. The van der Waals surface area contributed by atoms with Crippen molar-refractivity contribution < 1.29 is 9.90 Å². The summed E-state index contributed by atoms with van der Waals surface area (Å²) in [6.45, 7) is 5.29. The highest BCUT2D eigenvalue weighted by atomic mass is 32.1. The Labute approximate surface area is 122 Å². The van der Waals surface area contributed by atoms with Crippen LogP contribution in [0.2, 0.25) is 0 Å². The fourth-order valence-electron chi connectivity index (χ4n) is 1.91. The van der Waals surface area contributed by atoms with Crippen molar-refractivity contribution in [1.82, 2.24) is 10.3 Å². The van der Waals surface area contributed by atoms with Gasteiger partial charge in [0.2, 0.25) is 5.91 Å². The first-order valence-corrected chi connectivity index (χ1v) is 7.32. The van der Waals surface area contributed by atoms with Crippen LogP contribution in [-0.4, -0.2) is 22.1 Å². The van der Waals surface area contributed by atoms with Crippen molar-refractivity contribution in [2.24, 2.45) is 0 Å². The van der Waals surface area contributed by atoms with Crippen LogP contribution in [0.25, 0.3) is 10.6 Å². The van der Waals surface area contributed by atoms with Gasteiger partial charge in [-0.25, -0.2) is 4.98 Å². The molecule has 0 spiro atoms. The first kappa shape index (κ1) is 14.7. The number of rotatable bonds is 4. The number of hydrogen-bond acceptors (Lipinski definition) is 4. The third-order valence-corrected chi connectivity index (χ3v) is 4.37. The zero-order chi connectivity index (χ0) is 14.7. The van der Waals surface area contributed by atoms with Gasteiger partial charge in [0.1, 0.15) is 11.1 Å². The molecule has 0 aliphatic rings. The molecular formula is C15H18N2O2S. The van der Waals surface area contributed by atoms with Gasteiger partial charge < -0.3 is 10.4 Å². The topological polar surface area (TPSA) is 62.2 Å². The van der Waals surface area contributed by atoms with Crippen molar-refractivity contribution in [3.05, 3.63) is 40.9 Å². The quantitative estimate of drug-likeness (QED) is 0.910. The molecular weight excluding hydrogens is 272 g/mol. The highest BCUT2D eigenvalue weighted by Gasteiger charge is 2.18. The summed E-state index contributed by atoms with van der Waals surface area (Å²) in [5.41, 5.74) is 1.98. The molecule has 0 radical (unpaired) electrons. The molecule has 0 saturated heterocycles. The fourth-order valence-corrected chi connectivity index (χ4v) is 2.99. The van der Waals surface area contributed by atoms with E-state index in [0.29, 0.717) is 0 Å². The molecule has 1 aromatic carbocycles. The van der Waals surface area contributed by atoms with E-state index in [0.717, 1.165) is 21.1 Å². The number of amides is 1. The first-order valence-electron chi connectivity index (χ1n) is 6.50. The SMILES string of the molecule is Cc1nc(-c2ccccc2)sc1C(C)NC(=O)C(C)O. The van der Waals surface area contributed by atoms with Crippen LogP contribution in [0.5, 0.6) is 0 Å². The summed E-state index contributed by atoms with van der Waals surface area (Å²) in [6.07, 6.45) is -1.00. The van der Waals surface area contributed by atoms with E-state index in [9.17, 15) is 9.90 Å². The number of benzene rings is 1.